The summed E-state index contributed by atoms with van der Waals surface area (Å²) in [7, 11) is 0. The minimum atomic E-state index is 0.743. The first-order valence-corrected chi connectivity index (χ1v) is 6.61. The van der Waals surface area contributed by atoms with E-state index >= 15 is 0 Å². The molecule has 2 rings (SSSR count). The molecule has 1 aliphatic carbocycles. The maximum absolute atomic E-state index is 3.64. The van der Waals surface area contributed by atoms with Gasteiger partial charge in [0.1, 0.15) is 0 Å². The van der Waals surface area contributed by atoms with E-state index in [1.165, 1.54) is 39.0 Å². The lowest BCUT2D eigenvalue weighted by molar-refractivity contribution is 0.178. The van der Waals surface area contributed by atoms with Crippen LogP contribution in [-0.4, -0.2) is 37.1 Å². The van der Waals surface area contributed by atoms with Crippen molar-refractivity contribution in [3.8, 4) is 0 Å². The van der Waals surface area contributed by atoms with E-state index in [9.17, 15) is 0 Å². The second kappa shape index (κ2) is 4.84. The topological polar surface area (TPSA) is 15.3 Å². The van der Waals surface area contributed by atoms with Gasteiger partial charge in [-0.2, -0.15) is 0 Å². The third kappa shape index (κ3) is 3.46. The molecule has 0 bridgehead atoms. The molecule has 1 N–H and O–H groups in total. The van der Waals surface area contributed by atoms with E-state index < -0.39 is 0 Å². The smallest absolute Gasteiger partial charge is 0.0198 e. The van der Waals surface area contributed by atoms with Crippen LogP contribution in [0, 0.1) is 17.8 Å². The largest absolute Gasteiger partial charge is 0.311 e. The Morgan fingerprint density at radius 2 is 2.13 bits per heavy atom. The molecule has 88 valence electrons. The molecule has 2 fully saturated rings. The van der Waals surface area contributed by atoms with Crippen LogP contribution in [0.15, 0.2) is 0 Å². The number of hydrogen-bond acceptors (Lipinski definition) is 2. The zero-order valence-corrected chi connectivity index (χ0v) is 10.5. The minimum Gasteiger partial charge on any atom is -0.311 e. The summed E-state index contributed by atoms with van der Waals surface area (Å²) < 4.78 is 0. The summed E-state index contributed by atoms with van der Waals surface area (Å²) in [5.74, 6) is 2.84. The Labute approximate surface area is 94.4 Å². The van der Waals surface area contributed by atoms with Crippen LogP contribution in [0.2, 0.25) is 0 Å². The Hall–Kier alpha value is -0.0800. The third-order valence-corrected chi connectivity index (χ3v) is 3.86. The van der Waals surface area contributed by atoms with Crippen LogP contribution in [0.25, 0.3) is 0 Å². The molecule has 0 amide bonds. The summed E-state index contributed by atoms with van der Waals surface area (Å²) in [6.45, 7) is 12.1. The molecule has 1 heterocycles. The normalized spacial score (nSPS) is 37.2. The fourth-order valence-corrected chi connectivity index (χ4v) is 2.77. The van der Waals surface area contributed by atoms with E-state index in [1.807, 2.05) is 0 Å². The van der Waals surface area contributed by atoms with Gasteiger partial charge in [-0.3, -0.25) is 0 Å². The number of piperazine rings is 1. The van der Waals surface area contributed by atoms with E-state index in [0.717, 1.165) is 23.8 Å². The molecule has 0 aromatic heterocycles. The predicted molar refractivity (Wildman–Crippen MR) is 65.0 cm³/mol. The highest BCUT2D eigenvalue weighted by Crippen LogP contribution is 2.38. The quantitative estimate of drug-likeness (QED) is 0.763. The second-order valence-corrected chi connectivity index (χ2v) is 6.01. The summed E-state index contributed by atoms with van der Waals surface area (Å²) >= 11 is 0. The highest BCUT2D eigenvalue weighted by molar-refractivity contribution is 4.88. The molecule has 1 saturated carbocycles. The first-order chi connectivity index (χ1) is 7.15. The molecule has 0 aromatic rings. The highest BCUT2D eigenvalue weighted by atomic mass is 15.2. The zero-order chi connectivity index (χ0) is 10.8. The first-order valence-electron chi connectivity index (χ1n) is 6.61. The summed E-state index contributed by atoms with van der Waals surface area (Å²) in [5, 5.41) is 3.64. The molecule has 2 aliphatic rings. The van der Waals surface area contributed by atoms with Crippen LogP contribution in [-0.2, 0) is 0 Å². The SMILES string of the molecule is CC(C)CC1CN(CC2CC2C)CCN1. The lowest BCUT2D eigenvalue weighted by Crippen LogP contribution is -2.51. The Balaban J connectivity index is 1.71. The molecule has 0 aromatic carbocycles. The molecular weight excluding hydrogens is 184 g/mol. The van der Waals surface area contributed by atoms with Crippen LogP contribution in [0.5, 0.6) is 0 Å². The molecule has 2 nitrogen and oxygen atoms in total. The van der Waals surface area contributed by atoms with Gasteiger partial charge in [0.2, 0.25) is 0 Å². The molecule has 2 heteroatoms. The summed E-state index contributed by atoms with van der Waals surface area (Å²) in [4.78, 5) is 2.68. The van der Waals surface area contributed by atoms with Gasteiger partial charge in [-0.05, 0) is 30.6 Å². The van der Waals surface area contributed by atoms with Crippen molar-refractivity contribution >= 4 is 0 Å². The average Bonchev–Trinajstić information content (AvgIpc) is 2.81. The zero-order valence-electron chi connectivity index (χ0n) is 10.5. The monoisotopic (exact) mass is 210 g/mol. The van der Waals surface area contributed by atoms with Crippen molar-refractivity contribution in [1.82, 2.24) is 10.2 Å². The van der Waals surface area contributed by atoms with Gasteiger partial charge >= 0.3 is 0 Å². The standard InChI is InChI=1S/C13H26N2/c1-10(2)6-13-9-15(5-4-14-13)8-12-7-11(12)3/h10-14H,4-9H2,1-3H3. The van der Waals surface area contributed by atoms with Gasteiger partial charge in [-0.25, -0.2) is 0 Å². The van der Waals surface area contributed by atoms with E-state index in [2.05, 4.69) is 31.0 Å². The minimum absolute atomic E-state index is 0.743. The molecule has 0 spiro atoms. The van der Waals surface area contributed by atoms with Gasteiger partial charge in [0.15, 0.2) is 0 Å². The number of nitrogens with zero attached hydrogens (tertiary/aromatic N) is 1. The Bertz CT molecular complexity index is 203. The first kappa shape index (κ1) is 11.4. The molecule has 15 heavy (non-hydrogen) atoms. The molecule has 1 aliphatic heterocycles. The number of nitrogens with one attached hydrogen (secondary N) is 1. The van der Waals surface area contributed by atoms with Gasteiger partial charge in [0.05, 0.1) is 0 Å². The van der Waals surface area contributed by atoms with Crippen molar-refractivity contribution in [3.05, 3.63) is 0 Å². The molecule has 3 unspecified atom stereocenters. The van der Waals surface area contributed by atoms with Crippen LogP contribution < -0.4 is 5.32 Å². The summed E-state index contributed by atoms with van der Waals surface area (Å²) in [6, 6.07) is 0.743. The van der Waals surface area contributed by atoms with Crippen LogP contribution in [0.3, 0.4) is 0 Å². The van der Waals surface area contributed by atoms with Gasteiger partial charge in [-0.1, -0.05) is 20.8 Å². The van der Waals surface area contributed by atoms with Crippen LogP contribution in [0.4, 0.5) is 0 Å². The number of hydrogen-bond donors (Lipinski definition) is 1. The third-order valence-electron chi connectivity index (χ3n) is 3.86. The highest BCUT2D eigenvalue weighted by Gasteiger charge is 2.34. The average molecular weight is 210 g/mol. The van der Waals surface area contributed by atoms with E-state index in [1.54, 1.807) is 0 Å². The molecule has 0 radical (unpaired) electrons. The van der Waals surface area contributed by atoms with E-state index in [0.29, 0.717) is 0 Å². The van der Waals surface area contributed by atoms with Crippen molar-refractivity contribution in [2.45, 2.75) is 39.7 Å². The lowest BCUT2D eigenvalue weighted by atomic mass is 10.0. The van der Waals surface area contributed by atoms with Crippen LogP contribution >= 0.6 is 0 Å². The molecule has 1 saturated heterocycles. The van der Waals surface area contributed by atoms with Crippen LogP contribution in [0.1, 0.15) is 33.6 Å². The van der Waals surface area contributed by atoms with Crippen molar-refractivity contribution in [3.63, 3.8) is 0 Å². The predicted octanol–water partition coefficient (Wildman–Crippen LogP) is 1.96. The van der Waals surface area contributed by atoms with Gasteiger partial charge < -0.3 is 10.2 Å². The summed E-state index contributed by atoms with van der Waals surface area (Å²) in [6.07, 6.45) is 2.80. The van der Waals surface area contributed by atoms with Crippen molar-refractivity contribution in [1.29, 1.82) is 0 Å². The van der Waals surface area contributed by atoms with E-state index in [-0.39, 0.29) is 0 Å². The Kier molecular flexibility index (Phi) is 3.68. The maximum Gasteiger partial charge on any atom is 0.0198 e. The van der Waals surface area contributed by atoms with Gasteiger partial charge in [-0.15, -0.1) is 0 Å². The van der Waals surface area contributed by atoms with Gasteiger partial charge in [0, 0.05) is 32.2 Å². The fourth-order valence-electron chi connectivity index (χ4n) is 2.77. The Morgan fingerprint density at radius 1 is 1.40 bits per heavy atom. The lowest BCUT2D eigenvalue weighted by Gasteiger charge is -2.34. The molecular formula is C13H26N2. The number of rotatable bonds is 4. The second-order valence-electron chi connectivity index (χ2n) is 6.01. The maximum atomic E-state index is 3.64. The van der Waals surface area contributed by atoms with Crippen molar-refractivity contribution in [2.75, 3.05) is 26.2 Å². The van der Waals surface area contributed by atoms with Crippen molar-refractivity contribution in [2.24, 2.45) is 17.8 Å². The molecule has 3 atom stereocenters. The summed E-state index contributed by atoms with van der Waals surface area (Å²) in [5.41, 5.74) is 0. The van der Waals surface area contributed by atoms with E-state index in [4.69, 9.17) is 0 Å². The van der Waals surface area contributed by atoms with Gasteiger partial charge in [0.25, 0.3) is 0 Å². The fraction of sp³-hybridized carbons (Fsp3) is 1.00. The van der Waals surface area contributed by atoms with Crippen molar-refractivity contribution < 1.29 is 0 Å². The Morgan fingerprint density at radius 3 is 2.73 bits per heavy atom.